The molecule has 8 nitrogen and oxygen atoms in total. The third kappa shape index (κ3) is 4.28. The Kier molecular flexibility index (Phi) is 6.85. The zero-order valence-corrected chi connectivity index (χ0v) is 16.6. The van der Waals surface area contributed by atoms with E-state index in [0.29, 0.717) is 44.2 Å². The van der Waals surface area contributed by atoms with Crippen LogP contribution < -0.4 is 19.7 Å². The van der Waals surface area contributed by atoms with Gasteiger partial charge in [-0.25, -0.2) is 8.42 Å². The van der Waals surface area contributed by atoms with Crippen LogP contribution in [0.1, 0.15) is 13.8 Å². The van der Waals surface area contributed by atoms with Gasteiger partial charge in [-0.15, -0.1) is 0 Å². The summed E-state index contributed by atoms with van der Waals surface area (Å²) in [6, 6.07) is 4.39. The number of nitrogens with one attached hydrogen (secondary N) is 2. The Hall–Kier alpha value is -1.84. The van der Waals surface area contributed by atoms with Crippen LogP contribution in [0, 0.1) is 0 Å². The zero-order valence-electron chi connectivity index (χ0n) is 15.7. The first-order chi connectivity index (χ1) is 12.3. The average Bonchev–Trinajstić information content (AvgIpc) is 2.67. The van der Waals surface area contributed by atoms with E-state index >= 15 is 0 Å². The lowest BCUT2D eigenvalue weighted by atomic mass is 10.2. The second-order valence-corrected chi connectivity index (χ2v) is 8.13. The molecule has 2 rings (SSSR count). The van der Waals surface area contributed by atoms with E-state index in [9.17, 15) is 13.2 Å². The van der Waals surface area contributed by atoms with E-state index in [-0.39, 0.29) is 16.8 Å². The van der Waals surface area contributed by atoms with Gasteiger partial charge in [0.25, 0.3) is 5.91 Å². The fourth-order valence-electron chi connectivity index (χ4n) is 3.09. The monoisotopic (exact) mass is 386 g/mol. The number of piperazine rings is 1. The molecule has 0 bridgehead atoms. The van der Waals surface area contributed by atoms with Gasteiger partial charge in [-0.3, -0.25) is 4.79 Å². The number of rotatable bonds is 7. The van der Waals surface area contributed by atoms with Crippen LogP contribution in [0.5, 0.6) is 11.5 Å². The van der Waals surface area contributed by atoms with Crippen molar-refractivity contribution in [2.24, 2.45) is 0 Å². The summed E-state index contributed by atoms with van der Waals surface area (Å²) in [5.74, 6) is 0.859. The lowest BCUT2D eigenvalue weighted by Crippen LogP contribution is -3.19. The number of amides is 1. The minimum atomic E-state index is -3.62. The number of hydrogen-bond donors (Lipinski definition) is 2. The Labute approximate surface area is 155 Å². The minimum absolute atomic E-state index is 0.00121. The van der Waals surface area contributed by atoms with Gasteiger partial charge >= 0.3 is 0 Å². The van der Waals surface area contributed by atoms with Gasteiger partial charge in [0.2, 0.25) is 10.0 Å². The molecule has 26 heavy (non-hydrogen) atoms. The van der Waals surface area contributed by atoms with Crippen LogP contribution in [0.25, 0.3) is 0 Å². The van der Waals surface area contributed by atoms with Crippen molar-refractivity contribution in [3.05, 3.63) is 18.2 Å². The summed E-state index contributed by atoms with van der Waals surface area (Å²) in [6.45, 7) is 6.27. The maximum absolute atomic E-state index is 12.9. The molecule has 1 aliphatic heterocycles. The molecule has 1 heterocycles. The highest BCUT2D eigenvalue weighted by molar-refractivity contribution is 7.89. The quantitative estimate of drug-likeness (QED) is 0.635. The van der Waals surface area contributed by atoms with Crippen molar-refractivity contribution in [1.82, 2.24) is 9.62 Å². The van der Waals surface area contributed by atoms with Crippen LogP contribution in [0.3, 0.4) is 0 Å². The fraction of sp³-hybridized carbons (Fsp3) is 0.588. The number of likely N-dealkylation sites (N-methyl/N-ethyl adjacent to an activating group) is 1. The summed E-state index contributed by atoms with van der Waals surface area (Å²) < 4.78 is 37.6. The number of nitrogens with zero attached hydrogens (tertiary/aromatic N) is 1. The molecule has 1 fully saturated rings. The number of benzene rings is 1. The topological polar surface area (TPSA) is 89.4 Å². The zero-order chi connectivity index (χ0) is 19.3. The van der Waals surface area contributed by atoms with E-state index in [1.54, 1.807) is 6.07 Å². The van der Waals surface area contributed by atoms with Crippen LogP contribution >= 0.6 is 0 Å². The molecule has 1 saturated heterocycles. The number of carbonyl (C=O) groups excluding carboxylic acids is 1. The highest BCUT2D eigenvalue weighted by Gasteiger charge is 2.34. The molecule has 0 radical (unpaired) electrons. The molecule has 1 amide bonds. The maximum atomic E-state index is 12.9. The summed E-state index contributed by atoms with van der Waals surface area (Å²) in [7, 11) is -0.640. The molecular formula is C17H28N3O5S+. The average molecular weight is 386 g/mol. The van der Waals surface area contributed by atoms with E-state index in [1.165, 1.54) is 30.7 Å². The summed E-state index contributed by atoms with van der Waals surface area (Å²) >= 11 is 0. The van der Waals surface area contributed by atoms with Gasteiger partial charge in [-0.1, -0.05) is 0 Å². The predicted molar refractivity (Wildman–Crippen MR) is 97.1 cm³/mol. The molecule has 1 aromatic rings. The Morgan fingerprint density at radius 1 is 1.23 bits per heavy atom. The van der Waals surface area contributed by atoms with Gasteiger partial charge in [0.15, 0.2) is 17.5 Å². The third-order valence-corrected chi connectivity index (χ3v) is 6.61. The van der Waals surface area contributed by atoms with Crippen molar-refractivity contribution in [2.45, 2.75) is 24.8 Å². The lowest BCUT2D eigenvalue weighted by Gasteiger charge is -2.34. The summed E-state index contributed by atoms with van der Waals surface area (Å²) in [5, 5.41) is 2.82. The van der Waals surface area contributed by atoms with Gasteiger partial charge in [-0.2, -0.15) is 4.31 Å². The largest absolute Gasteiger partial charge is 0.493 e. The number of methoxy groups -OCH3 is 2. The predicted octanol–water partition coefficient (Wildman–Crippen LogP) is -0.882. The SMILES string of the molecule is CCNC(=O)[C@@H](C)[NH+]1CCN(S(=O)(=O)c2ccc(OC)c(OC)c2)CC1. The van der Waals surface area contributed by atoms with Crippen LogP contribution in [0.4, 0.5) is 0 Å². The van der Waals surface area contributed by atoms with Crippen LogP contribution in [-0.2, 0) is 14.8 Å². The highest BCUT2D eigenvalue weighted by Crippen LogP contribution is 2.30. The van der Waals surface area contributed by atoms with Gasteiger partial charge in [0.05, 0.1) is 45.3 Å². The van der Waals surface area contributed by atoms with Gasteiger partial charge in [-0.05, 0) is 26.0 Å². The number of sulfonamides is 1. The normalized spacial score (nSPS) is 17.5. The third-order valence-electron chi connectivity index (χ3n) is 4.71. The summed E-state index contributed by atoms with van der Waals surface area (Å²) in [6.07, 6.45) is 0. The van der Waals surface area contributed by atoms with Crippen molar-refractivity contribution >= 4 is 15.9 Å². The van der Waals surface area contributed by atoms with Gasteiger partial charge in [0, 0.05) is 12.6 Å². The van der Waals surface area contributed by atoms with E-state index in [0.717, 1.165) is 4.90 Å². The molecule has 0 spiro atoms. The molecule has 1 atom stereocenters. The van der Waals surface area contributed by atoms with E-state index < -0.39 is 10.0 Å². The first kappa shape index (κ1) is 20.5. The Balaban J connectivity index is 2.09. The molecule has 1 aromatic carbocycles. The Morgan fingerprint density at radius 2 is 1.85 bits per heavy atom. The molecular weight excluding hydrogens is 358 g/mol. The van der Waals surface area contributed by atoms with E-state index in [2.05, 4.69) is 5.32 Å². The highest BCUT2D eigenvalue weighted by atomic mass is 32.2. The first-order valence-corrected chi connectivity index (χ1v) is 10.1. The molecule has 2 N–H and O–H groups in total. The number of quaternary nitrogens is 1. The van der Waals surface area contributed by atoms with E-state index in [1.807, 2.05) is 13.8 Å². The number of carbonyl (C=O) groups is 1. The first-order valence-electron chi connectivity index (χ1n) is 8.69. The number of hydrogen-bond acceptors (Lipinski definition) is 5. The summed E-state index contributed by atoms with van der Waals surface area (Å²) in [4.78, 5) is 13.3. The molecule has 0 aliphatic carbocycles. The standard InChI is InChI=1S/C17H27N3O5S/c1-5-18-17(21)13(2)19-8-10-20(11-9-19)26(22,23)14-6-7-15(24-3)16(12-14)25-4/h6-7,12-13H,5,8-11H2,1-4H3,(H,18,21)/p+1/t13-/m1/s1. The Morgan fingerprint density at radius 3 is 2.38 bits per heavy atom. The number of ether oxygens (including phenoxy) is 2. The molecule has 0 unspecified atom stereocenters. The van der Waals surface area contributed by atoms with Crippen molar-refractivity contribution in [1.29, 1.82) is 0 Å². The van der Waals surface area contributed by atoms with Crippen LogP contribution in [0.15, 0.2) is 23.1 Å². The lowest BCUT2D eigenvalue weighted by molar-refractivity contribution is -0.917. The van der Waals surface area contributed by atoms with E-state index in [4.69, 9.17) is 9.47 Å². The van der Waals surface area contributed by atoms with Crippen molar-refractivity contribution < 1.29 is 27.6 Å². The van der Waals surface area contributed by atoms with Gasteiger partial charge in [0.1, 0.15) is 0 Å². The van der Waals surface area contributed by atoms with Crippen LogP contribution in [0.2, 0.25) is 0 Å². The molecule has 0 saturated carbocycles. The van der Waals surface area contributed by atoms with Crippen molar-refractivity contribution in [3.63, 3.8) is 0 Å². The second kappa shape index (κ2) is 8.70. The van der Waals surface area contributed by atoms with Crippen LogP contribution in [-0.4, -0.2) is 71.6 Å². The van der Waals surface area contributed by atoms with Crippen molar-refractivity contribution in [2.75, 3.05) is 46.9 Å². The molecule has 0 aromatic heterocycles. The van der Waals surface area contributed by atoms with Crippen molar-refractivity contribution in [3.8, 4) is 11.5 Å². The maximum Gasteiger partial charge on any atom is 0.278 e. The minimum Gasteiger partial charge on any atom is -0.493 e. The fourth-order valence-corrected chi connectivity index (χ4v) is 4.54. The molecule has 1 aliphatic rings. The molecule has 9 heteroatoms. The van der Waals surface area contributed by atoms with Gasteiger partial charge < -0.3 is 19.7 Å². The molecule has 146 valence electrons. The smallest absolute Gasteiger partial charge is 0.278 e. The summed E-state index contributed by atoms with van der Waals surface area (Å²) in [5.41, 5.74) is 0. The Bertz CT molecular complexity index is 730. The second-order valence-electron chi connectivity index (χ2n) is 6.20.